The van der Waals surface area contributed by atoms with Gasteiger partial charge in [-0.3, -0.25) is 4.79 Å². The van der Waals surface area contributed by atoms with Crippen LogP contribution in [0.4, 0.5) is 22.0 Å². The highest BCUT2D eigenvalue weighted by Crippen LogP contribution is 2.47. The predicted octanol–water partition coefficient (Wildman–Crippen LogP) is 4.18. The van der Waals surface area contributed by atoms with E-state index in [1.165, 1.54) is 12.1 Å². The third-order valence-corrected chi connectivity index (χ3v) is 2.94. The number of esters is 1. The van der Waals surface area contributed by atoms with Crippen LogP contribution in [0.25, 0.3) is 0 Å². The third-order valence-electron chi connectivity index (χ3n) is 2.69. The van der Waals surface area contributed by atoms with E-state index in [0.717, 1.165) is 19.2 Å². The lowest BCUT2D eigenvalue weighted by Crippen LogP contribution is -2.43. The van der Waals surface area contributed by atoms with Crippen molar-refractivity contribution in [2.75, 3.05) is 7.11 Å². The lowest BCUT2D eigenvalue weighted by Gasteiger charge is -2.28. The molecular weight excluding hydrogens is 307 g/mol. The van der Waals surface area contributed by atoms with Gasteiger partial charge in [0.15, 0.2) is 0 Å². The molecule has 0 amide bonds. The molecule has 0 aliphatic rings. The van der Waals surface area contributed by atoms with E-state index in [1.807, 2.05) is 0 Å². The number of ether oxygens (including phenoxy) is 1. The van der Waals surface area contributed by atoms with Gasteiger partial charge >= 0.3 is 18.1 Å². The number of methoxy groups -OCH3 is 1. The van der Waals surface area contributed by atoms with Crippen molar-refractivity contribution in [2.24, 2.45) is 0 Å². The molecule has 1 atom stereocenters. The van der Waals surface area contributed by atoms with Gasteiger partial charge in [0.05, 0.1) is 19.4 Å². The first-order chi connectivity index (χ1) is 9.09. The van der Waals surface area contributed by atoms with Crippen LogP contribution in [0.2, 0.25) is 5.02 Å². The summed E-state index contributed by atoms with van der Waals surface area (Å²) in [5.74, 6) is -8.59. The molecule has 0 aliphatic carbocycles. The van der Waals surface area contributed by atoms with Gasteiger partial charge in [0.2, 0.25) is 0 Å². The van der Waals surface area contributed by atoms with Crippen molar-refractivity contribution in [1.29, 1.82) is 0 Å². The number of halogens is 6. The quantitative estimate of drug-likeness (QED) is 0.615. The minimum absolute atomic E-state index is 0.181. The molecule has 20 heavy (non-hydrogen) atoms. The highest BCUT2D eigenvalue weighted by Gasteiger charge is 2.62. The Morgan fingerprint density at radius 2 is 1.70 bits per heavy atom. The molecule has 0 bridgehead atoms. The maximum absolute atomic E-state index is 13.5. The van der Waals surface area contributed by atoms with Crippen molar-refractivity contribution in [3.63, 3.8) is 0 Å². The van der Waals surface area contributed by atoms with E-state index in [4.69, 9.17) is 11.6 Å². The van der Waals surface area contributed by atoms with Gasteiger partial charge in [0.1, 0.15) is 0 Å². The summed E-state index contributed by atoms with van der Waals surface area (Å²) in [7, 11) is 0.910. The number of carbonyl (C=O) groups excluding carboxylic acids is 1. The highest BCUT2D eigenvalue weighted by molar-refractivity contribution is 6.30. The van der Waals surface area contributed by atoms with Crippen LogP contribution < -0.4 is 0 Å². The Balaban J connectivity index is 3.21. The minimum atomic E-state index is -5.77. The monoisotopic (exact) mass is 316 g/mol. The van der Waals surface area contributed by atoms with Crippen LogP contribution in [0.5, 0.6) is 0 Å². The Labute approximate surface area is 116 Å². The first kappa shape index (κ1) is 16.7. The first-order valence-corrected chi connectivity index (χ1v) is 5.74. The van der Waals surface area contributed by atoms with E-state index in [0.29, 0.717) is 0 Å². The largest absolute Gasteiger partial charge is 0.469 e. The molecule has 0 aliphatic heterocycles. The van der Waals surface area contributed by atoms with Crippen molar-refractivity contribution in [3.8, 4) is 0 Å². The van der Waals surface area contributed by atoms with Gasteiger partial charge < -0.3 is 4.74 Å². The summed E-state index contributed by atoms with van der Waals surface area (Å²) in [6.45, 7) is 0. The van der Waals surface area contributed by atoms with Crippen LogP contribution in [0.15, 0.2) is 24.3 Å². The molecule has 0 aromatic heterocycles. The van der Waals surface area contributed by atoms with Crippen molar-refractivity contribution >= 4 is 17.6 Å². The molecule has 0 heterocycles. The number of rotatable bonds is 4. The number of hydrogen-bond donors (Lipinski definition) is 0. The van der Waals surface area contributed by atoms with Gasteiger partial charge in [0.25, 0.3) is 0 Å². The van der Waals surface area contributed by atoms with Crippen LogP contribution >= 0.6 is 11.6 Å². The summed E-state index contributed by atoms with van der Waals surface area (Å²) >= 11 is 5.55. The van der Waals surface area contributed by atoms with Gasteiger partial charge in [-0.05, 0) is 17.7 Å². The summed E-state index contributed by atoms with van der Waals surface area (Å²) < 4.78 is 68.6. The van der Waals surface area contributed by atoms with Crippen molar-refractivity contribution in [3.05, 3.63) is 34.9 Å². The molecule has 1 aromatic carbocycles. The van der Waals surface area contributed by atoms with E-state index >= 15 is 0 Å². The average Bonchev–Trinajstić information content (AvgIpc) is 2.35. The van der Waals surface area contributed by atoms with E-state index in [1.54, 1.807) is 0 Å². The SMILES string of the molecule is COC(=O)CC(c1ccc(Cl)cc1)C(F)(F)C(F)(F)F. The lowest BCUT2D eigenvalue weighted by atomic mass is 9.89. The van der Waals surface area contributed by atoms with Crippen LogP contribution in [-0.2, 0) is 9.53 Å². The Morgan fingerprint density at radius 3 is 2.10 bits per heavy atom. The molecular formula is C12H10ClF5O2. The topological polar surface area (TPSA) is 26.3 Å². The second-order valence-electron chi connectivity index (χ2n) is 4.01. The Morgan fingerprint density at radius 1 is 1.20 bits per heavy atom. The maximum atomic E-state index is 13.5. The second-order valence-corrected chi connectivity index (χ2v) is 4.44. The summed E-state index contributed by atoms with van der Waals surface area (Å²) in [4.78, 5) is 11.1. The Hall–Kier alpha value is -1.37. The molecule has 1 unspecified atom stereocenters. The molecule has 0 fully saturated rings. The predicted molar refractivity (Wildman–Crippen MR) is 61.8 cm³/mol. The van der Waals surface area contributed by atoms with Crippen molar-refractivity contribution < 1.29 is 31.5 Å². The number of benzene rings is 1. The van der Waals surface area contributed by atoms with Gasteiger partial charge in [-0.2, -0.15) is 22.0 Å². The summed E-state index contributed by atoms with van der Waals surface area (Å²) in [6, 6.07) is 4.40. The van der Waals surface area contributed by atoms with Gasteiger partial charge in [-0.25, -0.2) is 0 Å². The van der Waals surface area contributed by atoms with Gasteiger partial charge in [0, 0.05) is 5.02 Å². The molecule has 0 saturated carbocycles. The zero-order valence-electron chi connectivity index (χ0n) is 10.2. The van der Waals surface area contributed by atoms with E-state index in [-0.39, 0.29) is 10.6 Å². The standard InChI is InChI=1S/C12H10ClF5O2/c1-20-10(19)6-9(11(14,15)12(16,17)18)7-2-4-8(13)5-3-7/h2-5,9H,6H2,1H3. The van der Waals surface area contributed by atoms with Crippen LogP contribution in [0.1, 0.15) is 17.9 Å². The molecule has 0 saturated heterocycles. The van der Waals surface area contributed by atoms with Crippen LogP contribution in [0.3, 0.4) is 0 Å². The minimum Gasteiger partial charge on any atom is -0.469 e. The zero-order valence-corrected chi connectivity index (χ0v) is 10.9. The van der Waals surface area contributed by atoms with E-state index < -0.39 is 30.4 Å². The van der Waals surface area contributed by atoms with Crippen LogP contribution in [-0.4, -0.2) is 25.2 Å². The molecule has 2 nitrogen and oxygen atoms in total. The fourth-order valence-electron chi connectivity index (χ4n) is 1.60. The van der Waals surface area contributed by atoms with Crippen molar-refractivity contribution in [2.45, 2.75) is 24.4 Å². The Kier molecular flexibility index (Phi) is 4.96. The van der Waals surface area contributed by atoms with Gasteiger partial charge in [-0.1, -0.05) is 23.7 Å². The fourth-order valence-corrected chi connectivity index (χ4v) is 1.72. The molecule has 0 N–H and O–H groups in total. The number of hydrogen-bond acceptors (Lipinski definition) is 2. The summed E-state index contributed by atoms with van der Waals surface area (Å²) in [6.07, 6.45) is -6.87. The lowest BCUT2D eigenvalue weighted by molar-refractivity contribution is -0.291. The van der Waals surface area contributed by atoms with E-state index in [9.17, 15) is 26.7 Å². The molecule has 0 radical (unpaired) electrons. The van der Waals surface area contributed by atoms with Crippen LogP contribution in [0, 0.1) is 0 Å². The highest BCUT2D eigenvalue weighted by atomic mass is 35.5. The first-order valence-electron chi connectivity index (χ1n) is 5.36. The molecule has 8 heteroatoms. The molecule has 112 valence electrons. The number of carbonyl (C=O) groups is 1. The molecule has 1 rings (SSSR count). The smallest absolute Gasteiger partial charge is 0.453 e. The maximum Gasteiger partial charge on any atom is 0.453 e. The summed E-state index contributed by atoms with van der Waals surface area (Å²) in [5, 5.41) is 0.181. The second kappa shape index (κ2) is 5.95. The third kappa shape index (κ3) is 3.59. The number of alkyl halides is 5. The Bertz CT molecular complexity index is 470. The fraction of sp³-hybridized carbons (Fsp3) is 0.417. The van der Waals surface area contributed by atoms with Crippen molar-refractivity contribution in [1.82, 2.24) is 0 Å². The molecule has 0 spiro atoms. The normalized spacial score (nSPS) is 13.9. The zero-order chi connectivity index (χ0) is 15.6. The van der Waals surface area contributed by atoms with E-state index in [2.05, 4.69) is 4.74 Å². The average molecular weight is 317 g/mol. The summed E-state index contributed by atoms with van der Waals surface area (Å²) in [5.41, 5.74) is -0.345. The van der Waals surface area contributed by atoms with Gasteiger partial charge in [-0.15, -0.1) is 0 Å². The molecule has 1 aromatic rings.